The second kappa shape index (κ2) is 6.57. The molecular formula is C14H16F3N5O3. The van der Waals surface area contributed by atoms with Crippen LogP contribution in [0.3, 0.4) is 0 Å². The molecule has 8 nitrogen and oxygen atoms in total. The van der Waals surface area contributed by atoms with Gasteiger partial charge >= 0.3 is 12.1 Å². The number of ether oxygens (including phenoxy) is 1. The number of carbonyl (C=O) groups is 2. The summed E-state index contributed by atoms with van der Waals surface area (Å²) in [6.07, 6.45) is -3.22. The van der Waals surface area contributed by atoms with E-state index in [2.05, 4.69) is 20.3 Å². The molecule has 0 aromatic carbocycles. The van der Waals surface area contributed by atoms with Gasteiger partial charge < -0.3 is 10.1 Å². The summed E-state index contributed by atoms with van der Waals surface area (Å²) in [5.41, 5.74) is -0.929. The third-order valence-corrected chi connectivity index (χ3v) is 3.42. The van der Waals surface area contributed by atoms with Gasteiger partial charge in [0.25, 0.3) is 0 Å². The Kier molecular flexibility index (Phi) is 4.86. The predicted molar refractivity (Wildman–Crippen MR) is 79.9 cm³/mol. The average molecular weight is 359 g/mol. The number of methoxy groups -OCH3 is 1. The maximum atomic E-state index is 12.7. The number of nitrogens with zero attached hydrogens (tertiary/aromatic N) is 4. The summed E-state index contributed by atoms with van der Waals surface area (Å²) in [5, 5.41) is 9.77. The minimum absolute atomic E-state index is 0.0899. The summed E-state index contributed by atoms with van der Waals surface area (Å²) in [6, 6.07) is -0.185. The van der Waals surface area contributed by atoms with Crippen LogP contribution in [0.25, 0.3) is 0 Å². The van der Waals surface area contributed by atoms with Crippen LogP contribution < -0.4 is 5.32 Å². The number of hydrogen-bond donors (Lipinski definition) is 1. The fourth-order valence-electron chi connectivity index (χ4n) is 2.19. The van der Waals surface area contributed by atoms with E-state index in [0.717, 1.165) is 17.9 Å². The molecule has 0 radical (unpaired) electrons. The molecule has 2 heterocycles. The molecule has 0 saturated heterocycles. The van der Waals surface area contributed by atoms with Crippen molar-refractivity contribution in [3.8, 4) is 0 Å². The van der Waals surface area contributed by atoms with E-state index in [1.807, 2.05) is 0 Å². The number of nitrogens with one attached hydrogen (secondary N) is 1. The van der Waals surface area contributed by atoms with Crippen LogP contribution >= 0.6 is 0 Å². The summed E-state index contributed by atoms with van der Waals surface area (Å²) in [4.78, 5) is 24.0. The second-order valence-corrected chi connectivity index (χ2v) is 5.34. The van der Waals surface area contributed by atoms with E-state index < -0.39 is 29.8 Å². The number of hydrogen-bond acceptors (Lipinski definition) is 5. The molecule has 1 N–H and O–H groups in total. The lowest BCUT2D eigenvalue weighted by molar-refractivity contribution is -0.141. The molecule has 2 rings (SSSR count). The maximum absolute atomic E-state index is 12.7. The zero-order chi connectivity index (χ0) is 18.9. The number of rotatable bonds is 4. The van der Waals surface area contributed by atoms with Gasteiger partial charge in [-0.2, -0.15) is 23.4 Å². The van der Waals surface area contributed by atoms with Gasteiger partial charge in [0.1, 0.15) is 6.04 Å². The highest BCUT2D eigenvalue weighted by Gasteiger charge is 2.35. The number of esters is 1. The smallest absolute Gasteiger partial charge is 0.435 e. The lowest BCUT2D eigenvalue weighted by Gasteiger charge is -2.14. The molecule has 1 amide bonds. The fourth-order valence-corrected chi connectivity index (χ4v) is 2.19. The van der Waals surface area contributed by atoms with Crippen LogP contribution in [0.2, 0.25) is 0 Å². The van der Waals surface area contributed by atoms with Crippen LogP contribution in [-0.2, 0) is 22.8 Å². The Hall–Kier alpha value is -2.85. The van der Waals surface area contributed by atoms with Crippen LogP contribution in [-0.4, -0.2) is 38.5 Å². The highest BCUT2D eigenvalue weighted by Crippen LogP contribution is 2.29. The fraction of sp³-hybridized carbons (Fsp3) is 0.429. The first-order chi connectivity index (χ1) is 11.5. The van der Waals surface area contributed by atoms with Gasteiger partial charge in [0, 0.05) is 18.9 Å². The van der Waals surface area contributed by atoms with Gasteiger partial charge in [0.2, 0.25) is 5.91 Å². The summed E-state index contributed by atoms with van der Waals surface area (Å²) >= 11 is 0. The molecule has 11 heteroatoms. The van der Waals surface area contributed by atoms with Gasteiger partial charge in [-0.1, -0.05) is 0 Å². The number of amides is 1. The minimum atomic E-state index is -4.60. The zero-order valence-corrected chi connectivity index (χ0v) is 13.9. The highest BCUT2D eigenvalue weighted by atomic mass is 19.4. The molecule has 1 atom stereocenters. The Morgan fingerprint density at radius 1 is 1.32 bits per heavy atom. The quantitative estimate of drug-likeness (QED) is 0.843. The van der Waals surface area contributed by atoms with Gasteiger partial charge in [0.15, 0.2) is 11.4 Å². The molecule has 0 aliphatic carbocycles. The Labute approximate surface area is 140 Å². The number of aromatic nitrogens is 4. The third kappa shape index (κ3) is 3.80. The standard InChI is InChI=1S/C14H16F3N5O3/c1-7-5-10(14(15,16)17)19-22(7)8(2)12(23)18-9-6-21(3)20-11(9)13(24)25-4/h5-6,8H,1-4H3,(H,18,23). The van der Waals surface area contributed by atoms with Crippen molar-refractivity contribution in [3.05, 3.63) is 29.3 Å². The first-order valence-corrected chi connectivity index (χ1v) is 7.10. The molecule has 136 valence electrons. The van der Waals surface area contributed by atoms with E-state index in [-0.39, 0.29) is 17.1 Å². The Morgan fingerprint density at radius 2 is 1.96 bits per heavy atom. The largest absolute Gasteiger partial charge is 0.464 e. The first-order valence-electron chi connectivity index (χ1n) is 7.10. The summed E-state index contributed by atoms with van der Waals surface area (Å²) in [5.74, 6) is -1.41. The van der Waals surface area contributed by atoms with Gasteiger partial charge in [-0.15, -0.1) is 0 Å². The number of halogens is 3. The zero-order valence-electron chi connectivity index (χ0n) is 13.9. The minimum Gasteiger partial charge on any atom is -0.464 e. The molecule has 1 unspecified atom stereocenters. The van der Waals surface area contributed by atoms with Crippen molar-refractivity contribution >= 4 is 17.6 Å². The van der Waals surface area contributed by atoms with E-state index in [0.29, 0.717) is 0 Å². The molecule has 0 spiro atoms. The van der Waals surface area contributed by atoms with Crippen molar-refractivity contribution in [1.82, 2.24) is 19.6 Å². The molecule has 0 aliphatic rings. The normalized spacial score (nSPS) is 12.8. The van der Waals surface area contributed by atoms with Crippen LogP contribution in [0, 0.1) is 6.92 Å². The van der Waals surface area contributed by atoms with Crippen molar-refractivity contribution in [3.63, 3.8) is 0 Å². The first kappa shape index (κ1) is 18.5. The van der Waals surface area contributed by atoms with E-state index >= 15 is 0 Å². The predicted octanol–water partition coefficient (Wildman–Crippen LogP) is 1.93. The molecule has 25 heavy (non-hydrogen) atoms. The Bertz CT molecular complexity index is 809. The second-order valence-electron chi connectivity index (χ2n) is 5.34. The molecular weight excluding hydrogens is 343 g/mol. The van der Waals surface area contributed by atoms with Crippen LogP contribution in [0.15, 0.2) is 12.3 Å². The van der Waals surface area contributed by atoms with Crippen molar-refractivity contribution in [1.29, 1.82) is 0 Å². The van der Waals surface area contributed by atoms with Gasteiger partial charge in [-0.05, 0) is 19.9 Å². The molecule has 0 bridgehead atoms. The van der Waals surface area contributed by atoms with Gasteiger partial charge in [-0.25, -0.2) is 4.79 Å². The maximum Gasteiger partial charge on any atom is 0.435 e. The summed E-state index contributed by atoms with van der Waals surface area (Å²) in [6.45, 7) is 2.81. The molecule has 2 aromatic heterocycles. The highest BCUT2D eigenvalue weighted by molar-refractivity contribution is 6.00. The molecule has 2 aromatic rings. The average Bonchev–Trinajstić information content (AvgIpc) is 3.08. The SMILES string of the molecule is COC(=O)c1nn(C)cc1NC(=O)C(C)n1nc(C(F)(F)F)cc1C. The van der Waals surface area contributed by atoms with Crippen LogP contribution in [0.4, 0.5) is 18.9 Å². The van der Waals surface area contributed by atoms with Gasteiger partial charge in [0.05, 0.1) is 12.8 Å². The third-order valence-electron chi connectivity index (χ3n) is 3.42. The number of aryl methyl sites for hydroxylation is 2. The van der Waals surface area contributed by atoms with Crippen molar-refractivity contribution in [2.24, 2.45) is 7.05 Å². The summed E-state index contributed by atoms with van der Waals surface area (Å²) < 4.78 is 45.0. The molecule has 0 fully saturated rings. The van der Waals surface area contributed by atoms with Crippen LogP contribution in [0.1, 0.15) is 34.8 Å². The van der Waals surface area contributed by atoms with Gasteiger partial charge in [-0.3, -0.25) is 14.2 Å². The van der Waals surface area contributed by atoms with Crippen molar-refractivity contribution < 1.29 is 27.5 Å². The Morgan fingerprint density at radius 3 is 2.48 bits per heavy atom. The van der Waals surface area contributed by atoms with Crippen LogP contribution in [0.5, 0.6) is 0 Å². The molecule has 0 saturated carbocycles. The number of carbonyl (C=O) groups excluding carboxylic acids is 2. The summed E-state index contributed by atoms with van der Waals surface area (Å²) in [7, 11) is 2.70. The van der Waals surface area contributed by atoms with E-state index in [1.54, 1.807) is 7.05 Å². The monoisotopic (exact) mass is 359 g/mol. The number of anilines is 1. The molecule has 0 aliphatic heterocycles. The number of alkyl halides is 3. The lowest BCUT2D eigenvalue weighted by Crippen LogP contribution is -2.26. The van der Waals surface area contributed by atoms with Crippen molar-refractivity contribution in [2.45, 2.75) is 26.1 Å². The van der Waals surface area contributed by atoms with E-state index in [1.165, 1.54) is 24.7 Å². The van der Waals surface area contributed by atoms with E-state index in [9.17, 15) is 22.8 Å². The lowest BCUT2D eigenvalue weighted by atomic mass is 10.2. The van der Waals surface area contributed by atoms with E-state index in [4.69, 9.17) is 0 Å². The topological polar surface area (TPSA) is 91.0 Å². The Balaban J connectivity index is 2.25. The van der Waals surface area contributed by atoms with Crippen molar-refractivity contribution in [2.75, 3.05) is 12.4 Å².